The fraction of sp³-hybridized carbons (Fsp3) is 0.523. The fourth-order valence-electron chi connectivity index (χ4n) is 10.6. The first kappa shape index (κ1) is 37.6. The summed E-state index contributed by atoms with van der Waals surface area (Å²) in [5.41, 5.74) is 0.282. The van der Waals surface area contributed by atoms with Crippen molar-refractivity contribution in [2.75, 3.05) is 57.9 Å². The Morgan fingerprint density at radius 1 is 1.00 bits per heavy atom. The highest BCUT2D eigenvalue weighted by atomic mass is 19.3. The largest absolute Gasteiger partial charge is 0.508 e. The van der Waals surface area contributed by atoms with Crippen LogP contribution in [0.1, 0.15) is 50.5 Å². The minimum Gasteiger partial charge on any atom is -0.508 e. The van der Waals surface area contributed by atoms with Gasteiger partial charge in [-0.25, -0.2) is 17.6 Å². The predicted molar refractivity (Wildman–Crippen MR) is 213 cm³/mol. The second kappa shape index (κ2) is 14.2. The SMILES string of the molecule is C#Cc1c(F)ccc2cc(O)cc(-c3c(F)c4nc(OCC5(CN6CCC(C(F)F)C6)CC5)nc(N5[C@@H]6CC[C@H]5CN(C5CC(COC)C5)C6)c4c4cn(C)nc34)c12. The molecule has 5 fully saturated rings. The summed E-state index contributed by atoms with van der Waals surface area (Å²) in [5, 5.41) is 17.5. The van der Waals surface area contributed by atoms with Crippen molar-refractivity contribution in [3.05, 3.63) is 47.7 Å². The summed E-state index contributed by atoms with van der Waals surface area (Å²) in [6.07, 6.45) is 11.7. The summed E-state index contributed by atoms with van der Waals surface area (Å²) >= 11 is 0. The van der Waals surface area contributed by atoms with Crippen LogP contribution in [0.4, 0.5) is 23.4 Å². The molecule has 58 heavy (non-hydrogen) atoms. The van der Waals surface area contributed by atoms with Gasteiger partial charge in [0.05, 0.1) is 17.6 Å². The van der Waals surface area contributed by atoms with Crippen LogP contribution in [0.5, 0.6) is 11.8 Å². The molecule has 5 aliphatic rings. The van der Waals surface area contributed by atoms with Crippen LogP contribution in [0, 0.1) is 41.2 Å². The van der Waals surface area contributed by atoms with Crippen molar-refractivity contribution in [2.45, 2.75) is 69.5 Å². The van der Waals surface area contributed by atoms with Crippen molar-refractivity contribution in [3.8, 4) is 35.2 Å². The van der Waals surface area contributed by atoms with E-state index in [9.17, 15) is 13.9 Å². The van der Waals surface area contributed by atoms with E-state index in [1.807, 2.05) is 6.20 Å². The number of methoxy groups -OCH3 is 1. The van der Waals surface area contributed by atoms with Crippen molar-refractivity contribution < 1.29 is 32.1 Å². The monoisotopic (exact) mass is 797 g/mol. The molecule has 0 amide bonds. The van der Waals surface area contributed by atoms with Crippen LogP contribution < -0.4 is 9.64 Å². The van der Waals surface area contributed by atoms with E-state index in [0.717, 1.165) is 58.2 Å². The van der Waals surface area contributed by atoms with E-state index in [0.29, 0.717) is 65.5 Å². The summed E-state index contributed by atoms with van der Waals surface area (Å²) in [4.78, 5) is 17.0. The van der Waals surface area contributed by atoms with E-state index >= 15 is 8.78 Å². The van der Waals surface area contributed by atoms with E-state index in [2.05, 4.69) is 20.6 Å². The molecule has 2 aromatic heterocycles. The number of fused-ring (bicyclic) bond motifs is 6. The molecule has 0 spiro atoms. The lowest BCUT2D eigenvalue weighted by Gasteiger charge is -2.49. The summed E-state index contributed by atoms with van der Waals surface area (Å²) in [6, 6.07) is 6.41. The van der Waals surface area contributed by atoms with Gasteiger partial charge in [0.25, 0.3) is 0 Å². The molecule has 2 bridgehead atoms. The van der Waals surface area contributed by atoms with Gasteiger partial charge in [-0.05, 0) is 86.6 Å². The topological polar surface area (TPSA) is 92.0 Å². The zero-order chi connectivity index (χ0) is 40.0. The Hall–Kier alpha value is -4.71. The lowest BCUT2D eigenvalue weighted by atomic mass is 9.79. The molecule has 5 aromatic rings. The van der Waals surface area contributed by atoms with Gasteiger partial charge in [-0.3, -0.25) is 9.58 Å². The normalized spacial score (nSPS) is 25.6. The number of aromatic hydroxyl groups is 1. The first-order chi connectivity index (χ1) is 28.0. The number of aromatic nitrogens is 4. The van der Waals surface area contributed by atoms with Crippen LogP contribution in [0.3, 0.4) is 0 Å². The highest BCUT2D eigenvalue weighted by molar-refractivity contribution is 6.18. The maximum atomic E-state index is 17.9. The number of aryl methyl sites for hydroxylation is 1. The van der Waals surface area contributed by atoms with Gasteiger partial charge in [-0.2, -0.15) is 15.1 Å². The predicted octanol–water partition coefficient (Wildman–Crippen LogP) is 7.13. The van der Waals surface area contributed by atoms with Crippen LogP contribution in [-0.4, -0.2) is 112 Å². The molecular weight excluding hydrogens is 751 g/mol. The zero-order valence-corrected chi connectivity index (χ0v) is 32.7. The van der Waals surface area contributed by atoms with E-state index in [1.54, 1.807) is 18.8 Å². The molecule has 2 saturated carbocycles. The molecule has 3 aliphatic heterocycles. The average molecular weight is 798 g/mol. The number of likely N-dealkylation sites (tertiary alicyclic amines) is 2. The summed E-state index contributed by atoms with van der Waals surface area (Å²) in [5.74, 6) is 1.50. The number of alkyl halides is 2. The van der Waals surface area contributed by atoms with E-state index in [1.165, 1.54) is 24.3 Å². The number of benzene rings is 3. The van der Waals surface area contributed by atoms with Crippen molar-refractivity contribution in [1.82, 2.24) is 29.5 Å². The number of nitrogens with zero attached hydrogens (tertiary/aromatic N) is 7. The Morgan fingerprint density at radius 3 is 2.47 bits per heavy atom. The summed E-state index contributed by atoms with van der Waals surface area (Å²) < 4.78 is 73.7. The molecule has 3 saturated heterocycles. The van der Waals surface area contributed by atoms with Crippen LogP contribution in [-0.2, 0) is 11.8 Å². The molecule has 2 aliphatic carbocycles. The average Bonchev–Trinajstić information content (AvgIpc) is 3.44. The third-order valence-electron chi connectivity index (χ3n) is 13.7. The Morgan fingerprint density at radius 2 is 1.78 bits per heavy atom. The standard InChI is InChI=1S/C44H47F4N7O3/c1-4-31-34(45)8-5-25-15-30(56)16-32(35(25)31)36-38(46)40-37(33-20-52(2)51-39(33)36)42(55-27-6-7-28(55)19-54(18-27)29-13-24(14-29)21-57-3)50-43(49-40)58-23-44(10-11-44)22-53-12-9-26(17-53)41(47)48/h1,5,8,15-16,20,24,26-29,41,56H,6-7,9-14,17-19,21-23H2,2-3H3/t24?,26?,27-,28+,29?. The number of ether oxygens (including phenoxy) is 2. The van der Waals surface area contributed by atoms with Gasteiger partial charge in [0.15, 0.2) is 5.82 Å². The fourth-order valence-corrected chi connectivity index (χ4v) is 10.6. The number of hydrogen-bond donors (Lipinski definition) is 1. The lowest BCUT2D eigenvalue weighted by molar-refractivity contribution is 0.0199. The lowest BCUT2D eigenvalue weighted by Crippen LogP contribution is -2.59. The number of halogens is 4. The maximum absolute atomic E-state index is 17.9. The Kier molecular flexibility index (Phi) is 9.22. The van der Waals surface area contributed by atoms with Gasteiger partial charge >= 0.3 is 6.01 Å². The molecule has 10 nitrogen and oxygen atoms in total. The van der Waals surface area contributed by atoms with Crippen molar-refractivity contribution in [3.63, 3.8) is 0 Å². The van der Waals surface area contributed by atoms with Crippen molar-refractivity contribution >= 4 is 38.4 Å². The first-order valence-corrected chi connectivity index (χ1v) is 20.5. The molecule has 1 N–H and O–H groups in total. The van der Waals surface area contributed by atoms with E-state index in [4.69, 9.17) is 31.0 Å². The minimum absolute atomic E-state index is 0.0260. The van der Waals surface area contributed by atoms with Crippen molar-refractivity contribution in [2.24, 2.45) is 24.3 Å². The molecule has 3 aromatic carbocycles. The molecule has 5 heterocycles. The second-order valence-corrected chi connectivity index (χ2v) is 17.6. The number of anilines is 1. The zero-order valence-electron chi connectivity index (χ0n) is 32.7. The van der Waals surface area contributed by atoms with Crippen LogP contribution >= 0.6 is 0 Å². The number of piperazine rings is 1. The quantitative estimate of drug-likeness (QED) is 0.111. The molecule has 304 valence electrons. The number of terminal acetylenes is 1. The summed E-state index contributed by atoms with van der Waals surface area (Å²) in [6.45, 7) is 4.39. The Labute approximate surface area is 334 Å². The Balaban J connectivity index is 1.10. The van der Waals surface area contributed by atoms with Gasteiger partial charge in [-0.15, -0.1) is 6.42 Å². The molecule has 1 unspecified atom stereocenters. The van der Waals surface area contributed by atoms with Crippen LogP contribution in [0.25, 0.3) is 43.7 Å². The maximum Gasteiger partial charge on any atom is 0.319 e. The number of rotatable bonds is 11. The van der Waals surface area contributed by atoms with Gasteiger partial charge in [0, 0.05) is 98.9 Å². The van der Waals surface area contributed by atoms with E-state index < -0.39 is 24.0 Å². The first-order valence-electron chi connectivity index (χ1n) is 20.5. The highest BCUT2D eigenvalue weighted by Gasteiger charge is 2.48. The van der Waals surface area contributed by atoms with Gasteiger partial charge in [-0.1, -0.05) is 12.0 Å². The third kappa shape index (κ3) is 6.32. The number of hydrogen-bond acceptors (Lipinski definition) is 9. The molecular formula is C44H47F4N7O3. The van der Waals surface area contributed by atoms with E-state index in [-0.39, 0.29) is 63.5 Å². The molecule has 14 heteroatoms. The van der Waals surface area contributed by atoms with Crippen LogP contribution in [0.15, 0.2) is 30.5 Å². The second-order valence-electron chi connectivity index (χ2n) is 17.6. The van der Waals surface area contributed by atoms with Gasteiger partial charge in [0.2, 0.25) is 6.43 Å². The number of phenolic OH excluding ortho intramolecular Hbond substituents is 1. The van der Waals surface area contributed by atoms with Gasteiger partial charge < -0.3 is 24.4 Å². The molecule has 3 atom stereocenters. The summed E-state index contributed by atoms with van der Waals surface area (Å²) in [7, 11) is 3.51. The molecule has 10 rings (SSSR count). The van der Waals surface area contributed by atoms with Crippen LogP contribution in [0.2, 0.25) is 0 Å². The van der Waals surface area contributed by atoms with Crippen molar-refractivity contribution in [1.29, 1.82) is 0 Å². The molecule has 0 radical (unpaired) electrons. The smallest absolute Gasteiger partial charge is 0.319 e. The Bertz CT molecular complexity index is 2460. The van der Waals surface area contributed by atoms with Gasteiger partial charge in [0.1, 0.15) is 28.4 Å². The minimum atomic E-state index is -2.33. The highest BCUT2D eigenvalue weighted by Crippen LogP contribution is 2.50. The number of phenols is 1. The third-order valence-corrected chi connectivity index (χ3v) is 13.7.